The van der Waals surface area contributed by atoms with Crippen LogP contribution in [0.1, 0.15) is 36.7 Å². The SMILES string of the molecule is CC1=C(c2ccccc2)C(=O)N(C(C)(C)C(=O)c2ccc(F)cc2)CO1. The first-order valence-electron chi connectivity index (χ1n) is 8.34. The predicted octanol–water partition coefficient (Wildman–Crippen LogP) is 4.03. The molecule has 26 heavy (non-hydrogen) atoms. The fourth-order valence-electron chi connectivity index (χ4n) is 3.00. The number of carbonyl (C=O) groups is 2. The topological polar surface area (TPSA) is 46.6 Å². The number of hydrogen-bond donors (Lipinski definition) is 0. The van der Waals surface area contributed by atoms with E-state index in [1.165, 1.54) is 29.2 Å². The summed E-state index contributed by atoms with van der Waals surface area (Å²) >= 11 is 0. The van der Waals surface area contributed by atoms with Crippen LogP contribution in [0.15, 0.2) is 60.4 Å². The predicted molar refractivity (Wildman–Crippen MR) is 96.6 cm³/mol. The van der Waals surface area contributed by atoms with Crippen molar-refractivity contribution < 1.29 is 18.7 Å². The molecular formula is C21H20FNO3. The first kappa shape index (κ1) is 17.9. The fourth-order valence-corrected chi connectivity index (χ4v) is 3.00. The van der Waals surface area contributed by atoms with Gasteiger partial charge in [-0.05, 0) is 50.6 Å². The van der Waals surface area contributed by atoms with Crippen molar-refractivity contribution in [3.05, 3.63) is 77.3 Å². The van der Waals surface area contributed by atoms with Gasteiger partial charge >= 0.3 is 0 Å². The first-order chi connectivity index (χ1) is 12.3. The molecule has 0 bridgehead atoms. The maximum absolute atomic E-state index is 13.1. The van der Waals surface area contributed by atoms with Crippen molar-refractivity contribution in [3.63, 3.8) is 0 Å². The van der Waals surface area contributed by atoms with Gasteiger partial charge in [-0.2, -0.15) is 0 Å². The Kier molecular flexibility index (Phi) is 4.64. The van der Waals surface area contributed by atoms with Crippen LogP contribution in [0.3, 0.4) is 0 Å². The smallest absolute Gasteiger partial charge is 0.261 e. The molecule has 2 aromatic carbocycles. The molecule has 0 radical (unpaired) electrons. The van der Waals surface area contributed by atoms with Crippen molar-refractivity contribution in [2.75, 3.05) is 6.73 Å². The molecule has 0 fully saturated rings. The van der Waals surface area contributed by atoms with E-state index in [1.807, 2.05) is 30.3 Å². The monoisotopic (exact) mass is 353 g/mol. The molecule has 1 aliphatic heterocycles. The van der Waals surface area contributed by atoms with E-state index in [-0.39, 0.29) is 18.4 Å². The second-order valence-corrected chi connectivity index (χ2v) is 6.70. The molecule has 0 aromatic heterocycles. The van der Waals surface area contributed by atoms with Crippen LogP contribution in [0.25, 0.3) is 5.57 Å². The van der Waals surface area contributed by atoms with Crippen LogP contribution in [0.5, 0.6) is 0 Å². The number of allylic oxidation sites excluding steroid dienone is 1. The van der Waals surface area contributed by atoms with Gasteiger partial charge < -0.3 is 4.74 Å². The number of Topliss-reactive ketones (excluding diaryl/α,β-unsaturated/α-hetero) is 1. The third kappa shape index (κ3) is 3.12. The molecule has 0 N–H and O–H groups in total. The van der Waals surface area contributed by atoms with Gasteiger partial charge in [-0.25, -0.2) is 4.39 Å². The number of carbonyl (C=O) groups excluding carboxylic acids is 2. The van der Waals surface area contributed by atoms with E-state index in [2.05, 4.69) is 0 Å². The normalized spacial score (nSPS) is 15.1. The van der Waals surface area contributed by atoms with Gasteiger partial charge in [0.15, 0.2) is 12.5 Å². The molecule has 0 unspecified atom stereocenters. The summed E-state index contributed by atoms with van der Waals surface area (Å²) in [6.45, 7) is 5.07. The molecule has 0 spiro atoms. The van der Waals surface area contributed by atoms with Gasteiger partial charge in [-0.15, -0.1) is 0 Å². The fraction of sp³-hybridized carbons (Fsp3) is 0.238. The van der Waals surface area contributed by atoms with E-state index >= 15 is 0 Å². The quantitative estimate of drug-likeness (QED) is 0.780. The van der Waals surface area contributed by atoms with E-state index in [4.69, 9.17) is 4.74 Å². The maximum Gasteiger partial charge on any atom is 0.261 e. The average Bonchev–Trinajstić information content (AvgIpc) is 2.62. The molecule has 5 heteroatoms. The average molecular weight is 353 g/mol. The number of halogens is 1. The zero-order valence-electron chi connectivity index (χ0n) is 15.0. The molecular weight excluding hydrogens is 333 g/mol. The van der Waals surface area contributed by atoms with Gasteiger partial charge in [-0.1, -0.05) is 30.3 Å². The van der Waals surface area contributed by atoms with Gasteiger partial charge in [0.2, 0.25) is 0 Å². The Balaban J connectivity index is 1.95. The second kappa shape index (κ2) is 6.75. The molecule has 1 amide bonds. The Hall–Kier alpha value is -2.95. The highest BCUT2D eigenvalue weighted by molar-refractivity contribution is 6.22. The summed E-state index contributed by atoms with van der Waals surface area (Å²) in [5.41, 5.74) is 0.383. The van der Waals surface area contributed by atoms with Crippen molar-refractivity contribution >= 4 is 17.3 Å². The van der Waals surface area contributed by atoms with Crippen LogP contribution < -0.4 is 0 Å². The number of benzene rings is 2. The van der Waals surface area contributed by atoms with Gasteiger partial charge in [0.25, 0.3) is 5.91 Å². The number of amides is 1. The van der Waals surface area contributed by atoms with Crippen LogP contribution in [0, 0.1) is 5.82 Å². The molecule has 3 rings (SSSR count). The molecule has 1 aliphatic rings. The van der Waals surface area contributed by atoms with E-state index in [0.717, 1.165) is 5.56 Å². The van der Waals surface area contributed by atoms with Crippen LogP contribution in [-0.4, -0.2) is 28.9 Å². The van der Waals surface area contributed by atoms with Gasteiger partial charge in [-0.3, -0.25) is 14.5 Å². The molecule has 0 atom stereocenters. The number of hydrogen-bond acceptors (Lipinski definition) is 3. The Morgan fingerprint density at radius 1 is 1.08 bits per heavy atom. The summed E-state index contributed by atoms with van der Waals surface area (Å²) in [6, 6.07) is 14.5. The summed E-state index contributed by atoms with van der Waals surface area (Å²) < 4.78 is 18.8. The summed E-state index contributed by atoms with van der Waals surface area (Å²) in [4.78, 5) is 27.5. The lowest BCUT2D eigenvalue weighted by Crippen LogP contribution is -2.55. The summed E-state index contributed by atoms with van der Waals surface area (Å²) in [6.07, 6.45) is 0. The lowest BCUT2D eigenvalue weighted by molar-refractivity contribution is -0.136. The second-order valence-electron chi connectivity index (χ2n) is 6.70. The highest BCUT2D eigenvalue weighted by Crippen LogP contribution is 2.31. The Morgan fingerprint density at radius 3 is 2.31 bits per heavy atom. The molecule has 0 aliphatic carbocycles. The van der Waals surface area contributed by atoms with Crippen molar-refractivity contribution in [2.24, 2.45) is 0 Å². The minimum Gasteiger partial charge on any atom is -0.477 e. The van der Waals surface area contributed by atoms with Crippen molar-refractivity contribution in [1.29, 1.82) is 0 Å². The standard InChI is InChI=1S/C21H20FNO3/c1-14-18(15-7-5-4-6-8-15)20(25)23(13-26-14)21(2,3)19(24)16-9-11-17(22)12-10-16/h4-12H,13H2,1-3H3. The largest absolute Gasteiger partial charge is 0.477 e. The molecule has 0 saturated heterocycles. The number of rotatable bonds is 4. The minimum absolute atomic E-state index is 0.0130. The number of ether oxygens (including phenoxy) is 1. The van der Waals surface area contributed by atoms with Crippen molar-refractivity contribution in [3.8, 4) is 0 Å². The van der Waals surface area contributed by atoms with Crippen LogP contribution in [-0.2, 0) is 9.53 Å². The van der Waals surface area contributed by atoms with E-state index in [0.29, 0.717) is 16.9 Å². The zero-order valence-corrected chi connectivity index (χ0v) is 15.0. The van der Waals surface area contributed by atoms with Crippen molar-refractivity contribution in [2.45, 2.75) is 26.3 Å². The van der Waals surface area contributed by atoms with Crippen molar-refractivity contribution in [1.82, 2.24) is 4.90 Å². The molecule has 1 heterocycles. The Morgan fingerprint density at radius 2 is 1.69 bits per heavy atom. The Labute approximate surface area is 151 Å². The van der Waals surface area contributed by atoms with Gasteiger partial charge in [0.05, 0.1) is 5.57 Å². The first-order valence-corrected chi connectivity index (χ1v) is 8.34. The molecule has 0 saturated carbocycles. The summed E-state index contributed by atoms with van der Waals surface area (Å²) in [7, 11) is 0. The molecule has 134 valence electrons. The molecule has 4 nitrogen and oxygen atoms in total. The van der Waals surface area contributed by atoms with Crippen LogP contribution in [0.4, 0.5) is 4.39 Å². The Bertz CT molecular complexity index is 870. The third-order valence-electron chi connectivity index (χ3n) is 4.62. The maximum atomic E-state index is 13.1. The summed E-state index contributed by atoms with van der Waals surface area (Å²) in [5, 5.41) is 0. The lowest BCUT2D eigenvalue weighted by Gasteiger charge is -2.40. The zero-order chi connectivity index (χ0) is 18.9. The van der Waals surface area contributed by atoms with E-state index in [1.54, 1.807) is 20.8 Å². The molecule has 2 aromatic rings. The highest BCUT2D eigenvalue weighted by atomic mass is 19.1. The van der Waals surface area contributed by atoms with E-state index in [9.17, 15) is 14.0 Å². The van der Waals surface area contributed by atoms with Crippen LogP contribution in [0.2, 0.25) is 0 Å². The number of nitrogens with zero attached hydrogens (tertiary/aromatic N) is 1. The van der Waals surface area contributed by atoms with Crippen LogP contribution >= 0.6 is 0 Å². The lowest BCUT2D eigenvalue weighted by atomic mass is 9.89. The number of ketones is 1. The summed E-state index contributed by atoms with van der Waals surface area (Å²) in [5.74, 6) is -0.425. The minimum atomic E-state index is -1.14. The van der Waals surface area contributed by atoms with E-state index < -0.39 is 11.4 Å². The van der Waals surface area contributed by atoms with Gasteiger partial charge in [0.1, 0.15) is 17.1 Å². The highest BCUT2D eigenvalue weighted by Gasteiger charge is 2.42. The third-order valence-corrected chi connectivity index (χ3v) is 4.62. The van der Waals surface area contributed by atoms with Gasteiger partial charge in [0, 0.05) is 5.56 Å².